The molecule has 10 heteroatoms. The van der Waals surface area contributed by atoms with Gasteiger partial charge in [-0.05, 0) is 18.2 Å². The molecule has 0 saturated carbocycles. The molecule has 0 unspecified atom stereocenters. The number of nitrogens with zero attached hydrogens (tertiary/aromatic N) is 2. The minimum absolute atomic E-state index is 0.0155. The van der Waals surface area contributed by atoms with Crippen LogP contribution in [-0.4, -0.2) is 37.8 Å². The predicted octanol–water partition coefficient (Wildman–Crippen LogP) is 2.91. The van der Waals surface area contributed by atoms with Gasteiger partial charge in [0.05, 0.1) is 31.5 Å². The van der Waals surface area contributed by atoms with Gasteiger partial charge in [0, 0.05) is 17.7 Å². The van der Waals surface area contributed by atoms with Gasteiger partial charge in [-0.3, -0.25) is 9.59 Å². The molecule has 1 aromatic heterocycles. The van der Waals surface area contributed by atoms with Crippen LogP contribution in [0, 0.1) is 11.6 Å². The number of carbonyl (C=O) groups is 2. The highest BCUT2D eigenvalue weighted by Crippen LogP contribution is 2.24. The third-order valence-electron chi connectivity index (χ3n) is 4.01. The van der Waals surface area contributed by atoms with Crippen LogP contribution in [0.3, 0.4) is 0 Å². The van der Waals surface area contributed by atoms with Gasteiger partial charge in [0.2, 0.25) is 0 Å². The van der Waals surface area contributed by atoms with Crippen LogP contribution < -0.4 is 14.3 Å². The van der Waals surface area contributed by atoms with Gasteiger partial charge in [0.15, 0.2) is 10.6 Å². The number of amides is 1. The molecule has 0 aliphatic heterocycles. The molecule has 0 aliphatic rings. The lowest BCUT2D eigenvalue weighted by Crippen LogP contribution is -2.23. The van der Waals surface area contributed by atoms with Crippen molar-refractivity contribution in [2.24, 2.45) is 4.99 Å². The third kappa shape index (κ3) is 4.27. The molecule has 3 aromatic rings. The summed E-state index contributed by atoms with van der Waals surface area (Å²) in [6.45, 7) is -0.396. The number of hydrogen-bond donors (Lipinski definition) is 0. The molecule has 3 rings (SSSR count). The van der Waals surface area contributed by atoms with Crippen molar-refractivity contribution in [1.29, 1.82) is 0 Å². The molecule has 0 spiro atoms. The molecule has 1 heterocycles. The smallest absolute Gasteiger partial charge is 0.325 e. The summed E-state index contributed by atoms with van der Waals surface area (Å²) in [5.41, 5.74) is 0.117. The molecule has 0 saturated heterocycles. The van der Waals surface area contributed by atoms with E-state index in [1.54, 1.807) is 6.07 Å². The van der Waals surface area contributed by atoms with Crippen LogP contribution in [0.2, 0.25) is 0 Å². The highest BCUT2D eigenvalue weighted by atomic mass is 32.1. The van der Waals surface area contributed by atoms with E-state index in [1.165, 1.54) is 38.0 Å². The van der Waals surface area contributed by atoms with E-state index < -0.39 is 30.1 Å². The van der Waals surface area contributed by atoms with Crippen molar-refractivity contribution >= 4 is 33.4 Å². The molecular weight excluding hydrogens is 406 g/mol. The minimum Gasteiger partial charge on any atom is -0.497 e. The second-order valence-electron chi connectivity index (χ2n) is 5.80. The molecular formula is C19H16F2N2O5S. The highest BCUT2D eigenvalue weighted by molar-refractivity contribution is 7.16. The largest absolute Gasteiger partial charge is 0.497 e. The average molecular weight is 422 g/mol. The summed E-state index contributed by atoms with van der Waals surface area (Å²) in [4.78, 5) is 28.5. The van der Waals surface area contributed by atoms with E-state index >= 15 is 0 Å². The second-order valence-corrected chi connectivity index (χ2v) is 6.81. The SMILES string of the molecule is COC(=O)Cn1c(=NC(=O)c2cc(OC)cc(OC)c2)sc2cc(F)cc(F)c21. The van der Waals surface area contributed by atoms with Gasteiger partial charge >= 0.3 is 5.97 Å². The van der Waals surface area contributed by atoms with Crippen molar-refractivity contribution < 1.29 is 32.6 Å². The Morgan fingerprint density at radius 2 is 1.69 bits per heavy atom. The average Bonchev–Trinajstić information content (AvgIpc) is 3.03. The van der Waals surface area contributed by atoms with Gasteiger partial charge in [0.1, 0.15) is 23.9 Å². The minimum atomic E-state index is -0.878. The normalized spacial score (nSPS) is 11.6. The maximum absolute atomic E-state index is 14.4. The lowest BCUT2D eigenvalue weighted by Gasteiger charge is -2.06. The number of ether oxygens (including phenoxy) is 3. The van der Waals surface area contributed by atoms with Gasteiger partial charge in [-0.1, -0.05) is 11.3 Å². The summed E-state index contributed by atoms with van der Waals surface area (Å²) in [6, 6.07) is 6.32. The standard InChI is InChI=1S/C19H16F2N2O5S/c1-26-12-4-10(5-13(8-12)27-2)18(25)22-19-23(9-16(24)28-3)17-14(21)6-11(20)7-15(17)29-19/h4-8H,9H2,1-3H3. The number of rotatable bonds is 5. The Kier molecular flexibility index (Phi) is 5.92. The van der Waals surface area contributed by atoms with Crippen molar-refractivity contribution in [3.8, 4) is 11.5 Å². The number of aromatic nitrogens is 1. The van der Waals surface area contributed by atoms with Crippen LogP contribution in [0.15, 0.2) is 35.3 Å². The molecule has 0 bridgehead atoms. The first kappa shape index (κ1) is 20.5. The molecule has 2 aromatic carbocycles. The van der Waals surface area contributed by atoms with Crippen molar-refractivity contribution in [3.05, 3.63) is 52.3 Å². The number of benzene rings is 2. The first-order valence-corrected chi connectivity index (χ1v) is 9.05. The zero-order valence-electron chi connectivity index (χ0n) is 15.7. The van der Waals surface area contributed by atoms with Gasteiger partial charge < -0.3 is 18.8 Å². The van der Waals surface area contributed by atoms with E-state index in [9.17, 15) is 18.4 Å². The van der Waals surface area contributed by atoms with Crippen LogP contribution in [0.5, 0.6) is 11.5 Å². The Hall–Kier alpha value is -3.27. The number of halogens is 2. The summed E-state index contributed by atoms with van der Waals surface area (Å²) in [5, 5.41) is 0. The number of esters is 1. The number of fused-ring (bicyclic) bond motifs is 1. The topological polar surface area (TPSA) is 79.1 Å². The van der Waals surface area contributed by atoms with E-state index in [-0.39, 0.29) is 20.6 Å². The molecule has 7 nitrogen and oxygen atoms in total. The third-order valence-corrected chi connectivity index (χ3v) is 5.03. The highest BCUT2D eigenvalue weighted by Gasteiger charge is 2.17. The zero-order chi connectivity index (χ0) is 21.1. The number of thiazole rings is 1. The Labute approximate surface area is 167 Å². The van der Waals surface area contributed by atoms with E-state index in [2.05, 4.69) is 9.73 Å². The van der Waals surface area contributed by atoms with Crippen LogP contribution in [0.1, 0.15) is 10.4 Å². The molecule has 0 atom stereocenters. The van der Waals surface area contributed by atoms with Crippen molar-refractivity contribution in [1.82, 2.24) is 4.57 Å². The van der Waals surface area contributed by atoms with Crippen LogP contribution >= 0.6 is 11.3 Å². The maximum Gasteiger partial charge on any atom is 0.325 e. The number of hydrogen-bond acceptors (Lipinski definition) is 6. The Bertz CT molecular complexity index is 1150. The molecule has 29 heavy (non-hydrogen) atoms. The fourth-order valence-electron chi connectivity index (χ4n) is 2.64. The van der Waals surface area contributed by atoms with Crippen molar-refractivity contribution in [3.63, 3.8) is 0 Å². The van der Waals surface area contributed by atoms with E-state index in [4.69, 9.17) is 9.47 Å². The molecule has 1 amide bonds. The Morgan fingerprint density at radius 3 is 2.28 bits per heavy atom. The quantitative estimate of drug-likeness (QED) is 0.591. The lowest BCUT2D eigenvalue weighted by molar-refractivity contribution is -0.141. The van der Waals surface area contributed by atoms with Gasteiger partial charge in [-0.15, -0.1) is 0 Å². The van der Waals surface area contributed by atoms with E-state index in [0.29, 0.717) is 17.6 Å². The monoisotopic (exact) mass is 422 g/mol. The van der Waals surface area contributed by atoms with Crippen LogP contribution in [0.25, 0.3) is 10.2 Å². The zero-order valence-corrected chi connectivity index (χ0v) is 16.5. The maximum atomic E-state index is 14.4. The molecule has 0 N–H and O–H groups in total. The molecule has 0 fully saturated rings. The second kappa shape index (κ2) is 8.39. The molecule has 0 aliphatic carbocycles. The first-order valence-electron chi connectivity index (χ1n) is 8.23. The summed E-state index contributed by atoms with van der Waals surface area (Å²) < 4.78 is 44.2. The Morgan fingerprint density at radius 1 is 1.03 bits per heavy atom. The van der Waals surface area contributed by atoms with E-state index in [1.807, 2.05) is 0 Å². The summed E-state index contributed by atoms with van der Waals surface area (Å²) in [5.74, 6) is -2.24. The number of methoxy groups -OCH3 is 3. The summed E-state index contributed by atoms with van der Waals surface area (Å²) in [6.07, 6.45) is 0. The van der Waals surface area contributed by atoms with Crippen molar-refractivity contribution in [2.75, 3.05) is 21.3 Å². The van der Waals surface area contributed by atoms with Crippen molar-refractivity contribution in [2.45, 2.75) is 6.54 Å². The van der Waals surface area contributed by atoms with Gasteiger partial charge in [0.25, 0.3) is 5.91 Å². The molecule has 152 valence electrons. The van der Waals surface area contributed by atoms with Crippen LogP contribution in [0.4, 0.5) is 8.78 Å². The fraction of sp³-hybridized carbons (Fsp3) is 0.211. The van der Waals surface area contributed by atoms with E-state index in [0.717, 1.165) is 17.4 Å². The number of carbonyl (C=O) groups excluding carboxylic acids is 2. The molecule has 0 radical (unpaired) electrons. The van der Waals surface area contributed by atoms with Gasteiger partial charge in [-0.2, -0.15) is 4.99 Å². The fourth-order valence-corrected chi connectivity index (χ4v) is 3.70. The first-order chi connectivity index (χ1) is 13.9. The van der Waals surface area contributed by atoms with Crippen LogP contribution in [-0.2, 0) is 16.1 Å². The summed E-state index contributed by atoms with van der Waals surface area (Å²) in [7, 11) is 4.06. The predicted molar refractivity (Wildman–Crippen MR) is 101 cm³/mol. The Balaban J connectivity index is 2.19. The lowest BCUT2D eigenvalue weighted by atomic mass is 10.2. The van der Waals surface area contributed by atoms with Gasteiger partial charge in [-0.25, -0.2) is 8.78 Å². The summed E-state index contributed by atoms with van der Waals surface area (Å²) >= 11 is 0.873.